The van der Waals surface area contributed by atoms with E-state index in [2.05, 4.69) is 10.3 Å². The summed E-state index contributed by atoms with van der Waals surface area (Å²) in [5.41, 5.74) is 3.10. The highest BCUT2D eigenvalue weighted by molar-refractivity contribution is 6.32. The van der Waals surface area contributed by atoms with Crippen molar-refractivity contribution in [2.45, 2.75) is 66.2 Å². The number of nitrogens with zero attached hydrogens (tertiary/aromatic N) is 2. The van der Waals surface area contributed by atoms with Crippen LogP contribution in [-0.4, -0.2) is 45.1 Å². The summed E-state index contributed by atoms with van der Waals surface area (Å²) in [6.07, 6.45) is 2.85. The van der Waals surface area contributed by atoms with Crippen LogP contribution in [0.2, 0.25) is 5.02 Å². The summed E-state index contributed by atoms with van der Waals surface area (Å²) >= 11 is 6.29. The van der Waals surface area contributed by atoms with E-state index in [-0.39, 0.29) is 36.4 Å². The van der Waals surface area contributed by atoms with Crippen molar-refractivity contribution in [1.82, 2.24) is 14.9 Å². The quantitative estimate of drug-likeness (QED) is 0.301. The van der Waals surface area contributed by atoms with Gasteiger partial charge in [-0.05, 0) is 57.4 Å². The Morgan fingerprint density at radius 1 is 1.11 bits per heavy atom. The first-order chi connectivity index (χ1) is 17.6. The molecule has 37 heavy (non-hydrogen) atoms. The summed E-state index contributed by atoms with van der Waals surface area (Å²) in [4.78, 5) is 30.0. The van der Waals surface area contributed by atoms with E-state index in [0.717, 1.165) is 16.8 Å². The Morgan fingerprint density at radius 2 is 1.81 bits per heavy atom. The third-order valence-electron chi connectivity index (χ3n) is 5.96. The van der Waals surface area contributed by atoms with Gasteiger partial charge in [0.05, 0.1) is 16.8 Å². The van der Waals surface area contributed by atoms with Gasteiger partial charge in [0.1, 0.15) is 5.75 Å². The molecular weight excluding hydrogens is 490 g/mol. The number of aryl methyl sites for hydroxylation is 1. The molecule has 8 heteroatoms. The lowest BCUT2D eigenvalue weighted by Gasteiger charge is -2.19. The number of Topliss-reactive ketones (excluding diaryl/α,β-unsaturated/α-hetero) is 1. The van der Waals surface area contributed by atoms with Crippen molar-refractivity contribution in [2.75, 3.05) is 6.61 Å². The van der Waals surface area contributed by atoms with Crippen molar-refractivity contribution in [2.24, 2.45) is 5.92 Å². The van der Waals surface area contributed by atoms with E-state index in [4.69, 9.17) is 16.3 Å². The molecule has 1 aromatic heterocycles. The molecule has 0 fully saturated rings. The Morgan fingerprint density at radius 3 is 2.38 bits per heavy atom. The number of imidazole rings is 1. The first-order valence-corrected chi connectivity index (χ1v) is 13.1. The van der Waals surface area contributed by atoms with Gasteiger partial charge in [-0.3, -0.25) is 9.59 Å². The lowest BCUT2D eigenvalue weighted by atomic mass is 10.0. The number of amides is 1. The van der Waals surface area contributed by atoms with Crippen molar-refractivity contribution < 1.29 is 19.4 Å². The fraction of sp³-hybridized carbons (Fsp3) is 0.414. The summed E-state index contributed by atoms with van der Waals surface area (Å²) in [5, 5.41) is 12.9. The number of ketones is 1. The average Bonchev–Trinajstić information content (AvgIpc) is 3.29. The molecular formula is C29H36ClN3O4. The van der Waals surface area contributed by atoms with E-state index in [9.17, 15) is 14.7 Å². The number of halogens is 1. The number of aliphatic hydroxyl groups is 1. The molecule has 3 rings (SSSR count). The minimum atomic E-state index is -0.263. The predicted octanol–water partition coefficient (Wildman–Crippen LogP) is 5.57. The number of benzene rings is 2. The van der Waals surface area contributed by atoms with Crippen LogP contribution in [0.4, 0.5) is 0 Å². The fourth-order valence-corrected chi connectivity index (χ4v) is 4.21. The SMILES string of the molecule is CCn1cc(-c2ccc(C[C@@H](CCO)NC(=O)c3ccc(OC(C)C)c(Cl)c3)cc2)nc1C(=O)C(C)C. The lowest BCUT2D eigenvalue weighted by molar-refractivity contribution is 0.0919. The van der Waals surface area contributed by atoms with Crippen LogP contribution >= 0.6 is 11.6 Å². The molecule has 0 radical (unpaired) electrons. The van der Waals surface area contributed by atoms with Gasteiger partial charge in [-0.15, -0.1) is 0 Å². The largest absolute Gasteiger partial charge is 0.489 e. The Kier molecular flexibility index (Phi) is 9.89. The van der Waals surface area contributed by atoms with Crippen LogP contribution in [0.15, 0.2) is 48.7 Å². The van der Waals surface area contributed by atoms with Gasteiger partial charge in [-0.25, -0.2) is 4.98 Å². The zero-order chi connectivity index (χ0) is 27.1. The van der Waals surface area contributed by atoms with E-state index in [1.165, 1.54) is 0 Å². The third kappa shape index (κ3) is 7.43. The molecule has 7 nitrogen and oxygen atoms in total. The van der Waals surface area contributed by atoms with Crippen molar-refractivity contribution in [3.63, 3.8) is 0 Å². The molecule has 0 spiro atoms. The number of rotatable bonds is 12. The summed E-state index contributed by atoms with van der Waals surface area (Å²) < 4.78 is 7.52. The van der Waals surface area contributed by atoms with Gasteiger partial charge >= 0.3 is 0 Å². The number of hydrogen-bond donors (Lipinski definition) is 2. The first-order valence-electron chi connectivity index (χ1n) is 12.7. The van der Waals surface area contributed by atoms with Gasteiger partial charge < -0.3 is 19.7 Å². The van der Waals surface area contributed by atoms with E-state index in [1.807, 2.05) is 69.6 Å². The van der Waals surface area contributed by atoms with E-state index in [1.54, 1.807) is 18.2 Å². The van der Waals surface area contributed by atoms with Gasteiger partial charge in [-0.1, -0.05) is 49.7 Å². The first kappa shape index (κ1) is 28.4. The highest BCUT2D eigenvalue weighted by Gasteiger charge is 2.19. The number of aromatic nitrogens is 2. The van der Waals surface area contributed by atoms with E-state index < -0.39 is 0 Å². The molecule has 0 saturated heterocycles. The second kappa shape index (κ2) is 12.9. The predicted molar refractivity (Wildman–Crippen MR) is 146 cm³/mol. The maximum absolute atomic E-state index is 12.9. The van der Waals surface area contributed by atoms with Crippen molar-refractivity contribution in [1.29, 1.82) is 0 Å². The number of nitrogens with one attached hydrogen (secondary N) is 1. The van der Waals surface area contributed by atoms with Gasteiger partial charge in [0.25, 0.3) is 5.91 Å². The second-order valence-corrected chi connectivity index (χ2v) is 10.1. The number of carbonyl (C=O) groups is 2. The maximum Gasteiger partial charge on any atom is 0.251 e. The van der Waals surface area contributed by atoms with Gasteiger partial charge in [-0.2, -0.15) is 0 Å². The monoisotopic (exact) mass is 525 g/mol. The molecule has 0 unspecified atom stereocenters. The number of carbonyl (C=O) groups excluding carboxylic acids is 2. The molecule has 198 valence electrons. The van der Waals surface area contributed by atoms with E-state index in [0.29, 0.717) is 41.5 Å². The zero-order valence-corrected chi connectivity index (χ0v) is 22.9. The number of aliphatic hydroxyl groups excluding tert-OH is 1. The molecule has 0 saturated carbocycles. The minimum absolute atomic E-state index is 0.0237. The summed E-state index contributed by atoms with van der Waals surface area (Å²) in [6.45, 7) is 10.2. The molecule has 1 heterocycles. The molecule has 3 aromatic rings. The molecule has 0 aliphatic carbocycles. The Labute approximate surface area is 223 Å². The van der Waals surface area contributed by atoms with Crippen LogP contribution in [0.5, 0.6) is 5.75 Å². The Bertz CT molecular complexity index is 1220. The van der Waals surface area contributed by atoms with Crippen molar-refractivity contribution in [3.05, 3.63) is 70.6 Å². The molecule has 0 aliphatic rings. The van der Waals surface area contributed by atoms with Crippen LogP contribution < -0.4 is 10.1 Å². The fourth-order valence-electron chi connectivity index (χ4n) is 3.99. The van der Waals surface area contributed by atoms with E-state index >= 15 is 0 Å². The molecule has 0 bridgehead atoms. The normalized spacial score (nSPS) is 12.1. The Hall–Kier alpha value is -3.16. The third-order valence-corrected chi connectivity index (χ3v) is 6.26. The van der Waals surface area contributed by atoms with Crippen LogP contribution in [0.25, 0.3) is 11.3 Å². The standard InChI is InChI=1S/C29H36ClN3O4/c1-6-33-17-25(32-28(33)27(35)18(2)3)21-9-7-20(8-10-21)15-23(13-14-34)31-29(36)22-11-12-26(24(30)16-22)37-19(4)5/h7-12,16-19,23,34H,6,13-15H2,1-5H3,(H,31,36)/t23-/m1/s1. The van der Waals surface area contributed by atoms with Crippen molar-refractivity contribution in [3.8, 4) is 17.0 Å². The second-order valence-electron chi connectivity index (χ2n) is 9.65. The highest BCUT2D eigenvalue weighted by atomic mass is 35.5. The van der Waals surface area contributed by atoms with Crippen LogP contribution in [-0.2, 0) is 13.0 Å². The van der Waals surface area contributed by atoms with Gasteiger partial charge in [0.15, 0.2) is 5.82 Å². The smallest absolute Gasteiger partial charge is 0.251 e. The zero-order valence-electron chi connectivity index (χ0n) is 22.1. The van der Waals surface area contributed by atoms with Crippen LogP contribution in [0.3, 0.4) is 0 Å². The molecule has 1 amide bonds. The van der Waals surface area contributed by atoms with Crippen LogP contribution in [0.1, 0.15) is 67.6 Å². The van der Waals surface area contributed by atoms with Crippen molar-refractivity contribution >= 4 is 23.3 Å². The minimum Gasteiger partial charge on any atom is -0.489 e. The number of hydrogen-bond acceptors (Lipinski definition) is 5. The molecule has 2 aromatic carbocycles. The lowest BCUT2D eigenvalue weighted by Crippen LogP contribution is -2.37. The highest BCUT2D eigenvalue weighted by Crippen LogP contribution is 2.27. The van der Waals surface area contributed by atoms with Crippen LogP contribution in [0, 0.1) is 5.92 Å². The summed E-state index contributed by atoms with van der Waals surface area (Å²) in [7, 11) is 0. The summed E-state index contributed by atoms with van der Waals surface area (Å²) in [6, 6.07) is 12.6. The van der Waals surface area contributed by atoms with Gasteiger partial charge in [0, 0.05) is 42.4 Å². The Balaban J connectivity index is 1.71. The molecule has 0 aliphatic heterocycles. The molecule has 2 N–H and O–H groups in total. The maximum atomic E-state index is 12.9. The molecule has 1 atom stereocenters. The summed E-state index contributed by atoms with van der Waals surface area (Å²) in [5.74, 6) is 0.649. The van der Waals surface area contributed by atoms with Gasteiger partial charge in [0.2, 0.25) is 5.78 Å². The average molecular weight is 526 g/mol. The topological polar surface area (TPSA) is 93.4 Å². The number of ether oxygens (including phenoxy) is 1.